The van der Waals surface area contributed by atoms with E-state index in [2.05, 4.69) is 10.2 Å². The molecule has 37 heavy (non-hydrogen) atoms. The lowest BCUT2D eigenvalue weighted by Crippen LogP contribution is -2.53. The molecule has 4 rings (SSSR count). The maximum absolute atomic E-state index is 13.3. The molecular formula is C26H32N4O6S. The number of methoxy groups -OCH3 is 2. The third kappa shape index (κ3) is 5.42. The van der Waals surface area contributed by atoms with Gasteiger partial charge in [0.1, 0.15) is 0 Å². The SMILES string of the molecule is CCOC(=O)C1=C(CN2CCN(C(=O)c3cccs3)CC2)N(C)C(=O)N[C@@H]1c1cccc(OC)c1OC. The van der Waals surface area contributed by atoms with E-state index in [0.717, 1.165) is 4.88 Å². The van der Waals surface area contributed by atoms with Crippen LogP contribution in [-0.2, 0) is 9.53 Å². The molecule has 0 radical (unpaired) electrons. The summed E-state index contributed by atoms with van der Waals surface area (Å²) in [6.07, 6.45) is 0. The molecule has 1 fully saturated rings. The van der Waals surface area contributed by atoms with Crippen molar-refractivity contribution >= 4 is 29.2 Å². The summed E-state index contributed by atoms with van der Waals surface area (Å²) in [5, 5.41) is 4.82. The first-order chi connectivity index (χ1) is 17.9. The van der Waals surface area contributed by atoms with Crippen molar-refractivity contribution in [3.05, 3.63) is 57.4 Å². The van der Waals surface area contributed by atoms with Crippen molar-refractivity contribution < 1.29 is 28.6 Å². The summed E-state index contributed by atoms with van der Waals surface area (Å²) in [4.78, 5) is 45.3. The first-order valence-corrected chi connectivity index (χ1v) is 13.0. The number of amides is 3. The number of benzene rings is 1. The van der Waals surface area contributed by atoms with E-state index in [1.165, 1.54) is 30.5 Å². The van der Waals surface area contributed by atoms with Crippen LogP contribution in [0.15, 0.2) is 47.0 Å². The Morgan fingerprint density at radius 2 is 1.84 bits per heavy atom. The van der Waals surface area contributed by atoms with E-state index in [1.807, 2.05) is 22.4 Å². The Hall–Kier alpha value is -3.57. The highest BCUT2D eigenvalue weighted by atomic mass is 32.1. The molecule has 1 saturated heterocycles. The fourth-order valence-electron chi connectivity index (χ4n) is 4.65. The maximum Gasteiger partial charge on any atom is 0.338 e. The van der Waals surface area contributed by atoms with Crippen molar-refractivity contribution in [1.29, 1.82) is 0 Å². The van der Waals surface area contributed by atoms with Crippen molar-refractivity contribution in [3.63, 3.8) is 0 Å². The predicted octanol–water partition coefficient (Wildman–Crippen LogP) is 2.74. The monoisotopic (exact) mass is 528 g/mol. The van der Waals surface area contributed by atoms with E-state index >= 15 is 0 Å². The van der Waals surface area contributed by atoms with E-state index in [1.54, 1.807) is 32.2 Å². The molecule has 10 nitrogen and oxygen atoms in total. The van der Waals surface area contributed by atoms with Gasteiger partial charge in [-0.1, -0.05) is 18.2 Å². The molecule has 0 unspecified atom stereocenters. The van der Waals surface area contributed by atoms with Gasteiger partial charge in [0.15, 0.2) is 11.5 Å². The molecule has 11 heteroatoms. The van der Waals surface area contributed by atoms with Crippen molar-refractivity contribution in [2.75, 3.05) is 60.6 Å². The topological polar surface area (TPSA) is 101 Å². The average Bonchev–Trinajstić information content (AvgIpc) is 3.46. The van der Waals surface area contributed by atoms with Crippen LogP contribution in [-0.4, -0.2) is 93.2 Å². The number of rotatable bonds is 8. The molecule has 2 aliphatic heterocycles. The summed E-state index contributed by atoms with van der Waals surface area (Å²) in [5.41, 5.74) is 1.48. The van der Waals surface area contributed by atoms with Crippen molar-refractivity contribution in [2.45, 2.75) is 13.0 Å². The third-order valence-electron chi connectivity index (χ3n) is 6.58. The maximum atomic E-state index is 13.3. The number of likely N-dealkylation sites (N-methyl/N-ethyl adjacent to an activating group) is 1. The molecule has 2 aromatic rings. The Bertz CT molecular complexity index is 1170. The van der Waals surface area contributed by atoms with Crippen LogP contribution in [0.1, 0.15) is 28.2 Å². The number of para-hydroxylation sites is 1. The molecule has 3 amide bonds. The second kappa shape index (κ2) is 11.7. The number of ether oxygens (including phenoxy) is 3. The lowest BCUT2D eigenvalue weighted by molar-refractivity contribution is -0.139. The molecule has 1 aromatic heterocycles. The zero-order chi connectivity index (χ0) is 26.5. The first-order valence-electron chi connectivity index (χ1n) is 12.1. The molecule has 0 aliphatic carbocycles. The summed E-state index contributed by atoms with van der Waals surface area (Å²) in [6.45, 7) is 4.62. The fourth-order valence-corrected chi connectivity index (χ4v) is 5.34. The molecule has 198 valence electrons. The van der Waals surface area contributed by atoms with E-state index in [0.29, 0.717) is 61.1 Å². The van der Waals surface area contributed by atoms with Crippen molar-refractivity contribution in [2.24, 2.45) is 0 Å². The van der Waals surface area contributed by atoms with Crippen LogP contribution in [0.3, 0.4) is 0 Å². The summed E-state index contributed by atoms with van der Waals surface area (Å²) in [7, 11) is 4.69. The minimum Gasteiger partial charge on any atom is -0.493 e. The second-order valence-corrected chi connectivity index (χ2v) is 9.60. The van der Waals surface area contributed by atoms with Gasteiger partial charge in [-0.2, -0.15) is 0 Å². The van der Waals surface area contributed by atoms with E-state index in [-0.39, 0.29) is 18.5 Å². The van der Waals surface area contributed by atoms with Crippen LogP contribution in [0, 0.1) is 0 Å². The zero-order valence-electron chi connectivity index (χ0n) is 21.5. The van der Waals surface area contributed by atoms with Gasteiger partial charge in [0.25, 0.3) is 5.91 Å². The minimum absolute atomic E-state index is 0.0282. The number of hydrogen-bond acceptors (Lipinski definition) is 8. The van der Waals surface area contributed by atoms with Gasteiger partial charge in [0.05, 0.1) is 37.3 Å². The Morgan fingerprint density at radius 1 is 1.08 bits per heavy atom. The van der Waals surface area contributed by atoms with Crippen LogP contribution >= 0.6 is 11.3 Å². The van der Waals surface area contributed by atoms with Gasteiger partial charge >= 0.3 is 12.0 Å². The Kier molecular flexibility index (Phi) is 8.34. The molecule has 0 spiro atoms. The zero-order valence-corrected chi connectivity index (χ0v) is 22.3. The smallest absolute Gasteiger partial charge is 0.338 e. The number of hydrogen-bond donors (Lipinski definition) is 1. The number of esters is 1. The van der Waals surface area contributed by atoms with Gasteiger partial charge in [-0.15, -0.1) is 11.3 Å². The number of carbonyl (C=O) groups is 3. The predicted molar refractivity (Wildman–Crippen MR) is 139 cm³/mol. The summed E-state index contributed by atoms with van der Waals surface area (Å²) >= 11 is 1.43. The number of nitrogens with one attached hydrogen (secondary N) is 1. The average molecular weight is 529 g/mol. The Morgan fingerprint density at radius 3 is 2.46 bits per heavy atom. The molecule has 0 saturated carbocycles. The van der Waals surface area contributed by atoms with E-state index < -0.39 is 12.0 Å². The molecule has 3 heterocycles. The number of urea groups is 1. The van der Waals surface area contributed by atoms with Crippen molar-refractivity contribution in [3.8, 4) is 11.5 Å². The van der Waals surface area contributed by atoms with Crippen LogP contribution in [0.4, 0.5) is 4.79 Å². The molecule has 1 atom stereocenters. The minimum atomic E-state index is -0.788. The van der Waals surface area contributed by atoms with Gasteiger partial charge in [-0.25, -0.2) is 9.59 Å². The van der Waals surface area contributed by atoms with Crippen LogP contribution < -0.4 is 14.8 Å². The van der Waals surface area contributed by atoms with Crippen LogP contribution in [0.2, 0.25) is 0 Å². The van der Waals surface area contributed by atoms with Crippen molar-refractivity contribution in [1.82, 2.24) is 20.0 Å². The standard InChI is InChI=1S/C26H32N4O6S/c1-5-36-25(32)21-18(16-29-11-13-30(14-12-29)24(31)20-10-7-15-37-20)28(2)26(33)27-22(21)17-8-6-9-19(34-3)23(17)35-4/h6-10,15,22H,5,11-14,16H2,1-4H3,(H,27,33)/t22-/m1/s1. The Labute approximate surface area is 220 Å². The van der Waals surface area contributed by atoms with Gasteiger partial charge in [0, 0.05) is 51.0 Å². The number of piperazine rings is 1. The Balaban J connectivity index is 1.65. The highest BCUT2D eigenvalue weighted by Gasteiger charge is 2.39. The van der Waals surface area contributed by atoms with Gasteiger partial charge < -0.3 is 24.4 Å². The summed E-state index contributed by atoms with van der Waals surface area (Å²) in [6, 6.07) is 7.91. The lowest BCUT2D eigenvalue weighted by Gasteiger charge is -2.39. The summed E-state index contributed by atoms with van der Waals surface area (Å²) < 4.78 is 16.5. The molecule has 2 aliphatic rings. The van der Waals surface area contributed by atoms with Crippen LogP contribution in [0.25, 0.3) is 0 Å². The summed E-state index contributed by atoms with van der Waals surface area (Å²) in [5.74, 6) is 0.442. The first kappa shape index (κ1) is 26.5. The molecule has 1 N–H and O–H groups in total. The van der Waals surface area contributed by atoms with Gasteiger partial charge in [-0.3, -0.25) is 14.6 Å². The third-order valence-corrected chi connectivity index (χ3v) is 7.44. The molecule has 1 aromatic carbocycles. The number of carbonyl (C=O) groups excluding carboxylic acids is 3. The quantitative estimate of drug-likeness (QED) is 0.526. The highest BCUT2D eigenvalue weighted by molar-refractivity contribution is 7.12. The van der Waals surface area contributed by atoms with Crippen LogP contribution in [0.5, 0.6) is 11.5 Å². The van der Waals surface area contributed by atoms with E-state index in [4.69, 9.17) is 14.2 Å². The second-order valence-electron chi connectivity index (χ2n) is 8.65. The number of thiophene rings is 1. The normalized spacial score (nSPS) is 18.5. The van der Waals surface area contributed by atoms with Gasteiger partial charge in [0.2, 0.25) is 0 Å². The fraction of sp³-hybridized carbons (Fsp3) is 0.423. The molecule has 0 bridgehead atoms. The van der Waals surface area contributed by atoms with Gasteiger partial charge in [-0.05, 0) is 24.4 Å². The highest BCUT2D eigenvalue weighted by Crippen LogP contribution is 2.40. The largest absolute Gasteiger partial charge is 0.493 e. The molecular weight excluding hydrogens is 496 g/mol. The van der Waals surface area contributed by atoms with E-state index in [9.17, 15) is 14.4 Å². The number of nitrogens with zero attached hydrogens (tertiary/aromatic N) is 3. The lowest BCUT2D eigenvalue weighted by atomic mass is 9.93.